The molecule has 102 heavy (non-hydrogen) atoms. The molecule has 0 radical (unpaired) electrons. The molecule has 0 rings (SSSR count). The van der Waals surface area contributed by atoms with Crippen molar-refractivity contribution in [3.63, 3.8) is 0 Å². The summed E-state index contributed by atoms with van der Waals surface area (Å²) in [6, 6.07) is 0. The topological polar surface area (TPSA) is 237 Å². The molecule has 3 unspecified atom stereocenters. The molecule has 0 aromatic carbocycles. The summed E-state index contributed by atoms with van der Waals surface area (Å²) in [5, 5.41) is 10.6. The van der Waals surface area contributed by atoms with E-state index in [4.69, 9.17) is 37.0 Å². The second-order valence-corrected chi connectivity index (χ2v) is 34.0. The van der Waals surface area contributed by atoms with Gasteiger partial charge in [0.1, 0.15) is 19.3 Å². The van der Waals surface area contributed by atoms with E-state index in [1.165, 1.54) is 238 Å². The average Bonchev–Trinajstić information content (AvgIpc) is 0.969. The Hall–Kier alpha value is -1.94. The molecule has 606 valence electrons. The van der Waals surface area contributed by atoms with Crippen molar-refractivity contribution in [3.8, 4) is 0 Å². The van der Waals surface area contributed by atoms with Gasteiger partial charge >= 0.3 is 39.5 Å². The maximum absolute atomic E-state index is 13.1. The Balaban J connectivity index is 5.12. The van der Waals surface area contributed by atoms with Crippen LogP contribution >= 0.6 is 15.6 Å². The van der Waals surface area contributed by atoms with E-state index in [1.54, 1.807) is 0 Å². The van der Waals surface area contributed by atoms with Crippen molar-refractivity contribution >= 4 is 39.5 Å². The summed E-state index contributed by atoms with van der Waals surface area (Å²) < 4.78 is 68.5. The lowest BCUT2D eigenvalue weighted by Gasteiger charge is -2.21. The number of hydrogen-bond acceptors (Lipinski definition) is 15. The Morgan fingerprint density at radius 1 is 0.284 bits per heavy atom. The monoisotopic (exact) mass is 1490 g/mol. The van der Waals surface area contributed by atoms with Crippen LogP contribution in [-0.4, -0.2) is 96.7 Å². The van der Waals surface area contributed by atoms with E-state index in [0.29, 0.717) is 25.7 Å². The highest BCUT2D eigenvalue weighted by molar-refractivity contribution is 7.47. The van der Waals surface area contributed by atoms with Gasteiger partial charge in [-0.25, -0.2) is 9.13 Å². The van der Waals surface area contributed by atoms with Crippen molar-refractivity contribution < 1.29 is 80.2 Å². The van der Waals surface area contributed by atoms with Crippen LogP contribution < -0.4 is 0 Å². The largest absolute Gasteiger partial charge is 0.472 e. The summed E-state index contributed by atoms with van der Waals surface area (Å²) in [5.41, 5.74) is 0. The fourth-order valence-electron chi connectivity index (χ4n) is 12.8. The number of carbonyl (C=O) groups excluding carboxylic acids is 4. The van der Waals surface area contributed by atoms with E-state index in [-0.39, 0.29) is 25.7 Å². The van der Waals surface area contributed by atoms with Gasteiger partial charge in [-0.15, -0.1) is 0 Å². The lowest BCUT2D eigenvalue weighted by Crippen LogP contribution is -2.30. The average molecular weight is 1490 g/mol. The quantitative estimate of drug-likeness (QED) is 0.0222. The molecule has 0 heterocycles. The van der Waals surface area contributed by atoms with Crippen LogP contribution in [0.15, 0.2) is 0 Å². The van der Waals surface area contributed by atoms with E-state index >= 15 is 0 Å². The van der Waals surface area contributed by atoms with Crippen LogP contribution in [0.2, 0.25) is 0 Å². The van der Waals surface area contributed by atoms with E-state index in [2.05, 4.69) is 48.5 Å². The van der Waals surface area contributed by atoms with Gasteiger partial charge in [0.2, 0.25) is 0 Å². The van der Waals surface area contributed by atoms with Crippen LogP contribution in [0.4, 0.5) is 0 Å². The third-order valence-corrected chi connectivity index (χ3v) is 21.6. The van der Waals surface area contributed by atoms with Crippen LogP contribution in [0.5, 0.6) is 0 Å². The van der Waals surface area contributed by atoms with Gasteiger partial charge in [0.05, 0.1) is 26.4 Å². The Bertz CT molecular complexity index is 1980. The van der Waals surface area contributed by atoms with Crippen molar-refractivity contribution in [3.05, 3.63) is 0 Å². The Morgan fingerprint density at radius 3 is 0.745 bits per heavy atom. The van der Waals surface area contributed by atoms with Crippen molar-refractivity contribution in [2.45, 2.75) is 452 Å². The third-order valence-electron chi connectivity index (χ3n) is 19.7. The van der Waals surface area contributed by atoms with Gasteiger partial charge in [-0.3, -0.25) is 37.3 Å². The summed E-state index contributed by atoms with van der Waals surface area (Å²) in [5.74, 6) is 0.350. The number of phosphoric ester groups is 2. The van der Waals surface area contributed by atoms with Gasteiger partial charge in [-0.05, 0) is 43.4 Å². The smallest absolute Gasteiger partial charge is 0.462 e. The Labute approximate surface area is 626 Å². The number of unbranched alkanes of at least 4 members (excludes halogenated alkanes) is 48. The first kappa shape index (κ1) is 100. The third kappa shape index (κ3) is 74.9. The van der Waals surface area contributed by atoms with Gasteiger partial charge in [0.25, 0.3) is 0 Å². The minimum Gasteiger partial charge on any atom is -0.462 e. The molecule has 17 nitrogen and oxygen atoms in total. The molecular formula is C83H162O17P2. The zero-order valence-corrected chi connectivity index (χ0v) is 68.9. The highest BCUT2D eigenvalue weighted by atomic mass is 31.2. The number of carbonyl (C=O) groups is 4. The number of hydrogen-bond donors (Lipinski definition) is 3. The number of aliphatic hydroxyl groups excluding tert-OH is 1. The molecule has 19 heteroatoms. The van der Waals surface area contributed by atoms with Crippen molar-refractivity contribution in [1.82, 2.24) is 0 Å². The van der Waals surface area contributed by atoms with E-state index in [1.807, 2.05) is 0 Å². The second-order valence-electron chi connectivity index (χ2n) is 31.1. The zero-order chi connectivity index (χ0) is 75.1. The maximum Gasteiger partial charge on any atom is 0.472 e. The number of rotatable bonds is 81. The van der Waals surface area contributed by atoms with Crippen molar-refractivity contribution in [1.29, 1.82) is 0 Å². The standard InChI is InChI=1S/C83H162O17P2/c1-8-10-11-47-57-64-80(85)93-70-78(99-82(87)66-60-53-46-40-34-28-22-24-30-36-42-49-55-62-75(5)6)72-97-101(89,90)95-68-77(84)69-96-102(91,92)98-73-79(71-94-81(86)65-58-51-44-38-32-26-20-17-16-18-23-29-35-41-48-54-61-74(3)4)100-83(88)67-59-52-45-39-33-27-21-15-13-12-14-19-25-31-37-43-50-56-63-76(7)9-2/h74-79,84H,8-73H2,1-7H3,(H,89,90)(H,91,92)/t76?,77-,78+,79+/m0/s1. The minimum atomic E-state index is -4.96. The number of ether oxygens (including phenoxy) is 4. The fourth-order valence-corrected chi connectivity index (χ4v) is 14.4. The summed E-state index contributed by atoms with van der Waals surface area (Å²) in [4.78, 5) is 72.8. The Kier molecular flexibility index (Phi) is 71.8. The van der Waals surface area contributed by atoms with Gasteiger partial charge < -0.3 is 33.8 Å². The SMILES string of the molecule is CCCCCCCC(=O)OC[C@H](COP(=O)(O)OC[C@H](O)COP(=O)(O)OC[C@@H](COC(=O)CCCCCCCCCCCCCCCCCCC(C)C)OC(=O)CCCCCCCCCCCCCCCCCCCCC(C)CC)OC(=O)CCCCCCCCCCCCCCCC(C)C. The maximum atomic E-state index is 13.1. The molecule has 0 bridgehead atoms. The molecule has 0 amide bonds. The first-order valence-electron chi connectivity index (χ1n) is 42.9. The van der Waals surface area contributed by atoms with E-state index in [0.717, 1.165) is 114 Å². The molecule has 0 aromatic heterocycles. The van der Waals surface area contributed by atoms with Crippen LogP contribution in [0, 0.1) is 17.8 Å². The predicted octanol–water partition coefficient (Wildman–Crippen LogP) is 24.9. The summed E-state index contributed by atoms with van der Waals surface area (Å²) in [6.07, 6.45) is 62.9. The number of phosphoric acid groups is 2. The molecule has 6 atom stereocenters. The molecule has 0 aliphatic heterocycles. The normalized spacial score (nSPS) is 14.2. The zero-order valence-electron chi connectivity index (χ0n) is 67.1. The van der Waals surface area contributed by atoms with E-state index in [9.17, 15) is 43.2 Å². The van der Waals surface area contributed by atoms with Crippen LogP contribution in [0.3, 0.4) is 0 Å². The lowest BCUT2D eigenvalue weighted by molar-refractivity contribution is -0.161. The summed E-state index contributed by atoms with van der Waals surface area (Å²) >= 11 is 0. The predicted molar refractivity (Wildman–Crippen MR) is 418 cm³/mol. The fraction of sp³-hybridized carbons (Fsp3) is 0.952. The minimum absolute atomic E-state index is 0.106. The lowest BCUT2D eigenvalue weighted by atomic mass is 9.99. The van der Waals surface area contributed by atoms with Crippen LogP contribution in [-0.2, 0) is 65.4 Å². The summed E-state index contributed by atoms with van der Waals surface area (Å²) in [6.45, 7) is 12.0. The molecule has 3 N–H and O–H groups in total. The molecule has 0 fully saturated rings. The molecule has 0 aliphatic carbocycles. The first-order valence-corrected chi connectivity index (χ1v) is 45.9. The van der Waals surface area contributed by atoms with Crippen molar-refractivity contribution in [2.75, 3.05) is 39.6 Å². The Morgan fingerprint density at radius 2 is 0.500 bits per heavy atom. The number of esters is 4. The molecule has 0 spiro atoms. The molecule has 0 aromatic rings. The second kappa shape index (κ2) is 73.2. The van der Waals surface area contributed by atoms with Gasteiger partial charge in [0.15, 0.2) is 12.2 Å². The molecular weight excluding hydrogens is 1330 g/mol. The molecule has 0 saturated heterocycles. The van der Waals surface area contributed by atoms with Gasteiger partial charge in [-0.1, -0.05) is 382 Å². The first-order chi connectivity index (χ1) is 49.3. The van der Waals surface area contributed by atoms with Gasteiger partial charge in [-0.2, -0.15) is 0 Å². The molecule has 0 aliphatic rings. The van der Waals surface area contributed by atoms with E-state index < -0.39 is 97.5 Å². The highest BCUT2D eigenvalue weighted by Crippen LogP contribution is 2.45. The van der Waals surface area contributed by atoms with Crippen molar-refractivity contribution in [2.24, 2.45) is 17.8 Å². The van der Waals surface area contributed by atoms with Crippen LogP contribution in [0.1, 0.15) is 434 Å². The summed E-state index contributed by atoms with van der Waals surface area (Å²) in [7, 11) is -9.91. The van der Waals surface area contributed by atoms with Gasteiger partial charge in [0, 0.05) is 25.7 Å². The number of aliphatic hydroxyl groups is 1. The van der Waals surface area contributed by atoms with Crippen LogP contribution in [0.25, 0.3) is 0 Å². The molecule has 0 saturated carbocycles. The highest BCUT2D eigenvalue weighted by Gasteiger charge is 2.30.